The molecule has 0 aromatic heterocycles. The number of halogens is 3. The van der Waals surface area contributed by atoms with Crippen molar-refractivity contribution in [1.82, 2.24) is 10.7 Å². The molecule has 0 saturated carbocycles. The van der Waals surface area contributed by atoms with Gasteiger partial charge in [0, 0.05) is 26.7 Å². The molecule has 0 aliphatic carbocycles. The maximum atomic E-state index is 13.1. The SMILES string of the molecule is CC(C)C(NC(=O)c1ccc(F)cc1)C(=O)NN=Cc1cc(Cl)ccc1OCc1ccccc1Cl. The van der Waals surface area contributed by atoms with E-state index in [9.17, 15) is 14.0 Å². The lowest BCUT2D eigenvalue weighted by Gasteiger charge is -2.20. The van der Waals surface area contributed by atoms with Gasteiger partial charge in [0.1, 0.15) is 24.2 Å². The lowest BCUT2D eigenvalue weighted by atomic mass is 10.0. The Hall–Kier alpha value is -3.42. The van der Waals surface area contributed by atoms with Crippen molar-refractivity contribution in [1.29, 1.82) is 0 Å². The van der Waals surface area contributed by atoms with Gasteiger partial charge >= 0.3 is 0 Å². The van der Waals surface area contributed by atoms with Crippen molar-refractivity contribution in [2.24, 2.45) is 11.0 Å². The molecule has 0 aliphatic rings. The molecule has 3 aromatic carbocycles. The Kier molecular flexibility index (Phi) is 9.23. The fourth-order valence-electron chi connectivity index (χ4n) is 3.12. The van der Waals surface area contributed by atoms with Crippen LogP contribution in [0.2, 0.25) is 10.0 Å². The summed E-state index contributed by atoms with van der Waals surface area (Å²) >= 11 is 12.3. The van der Waals surface area contributed by atoms with E-state index >= 15 is 0 Å². The average Bonchev–Trinajstić information content (AvgIpc) is 2.83. The van der Waals surface area contributed by atoms with Gasteiger partial charge < -0.3 is 10.1 Å². The lowest BCUT2D eigenvalue weighted by Crippen LogP contribution is -2.48. The molecule has 0 saturated heterocycles. The van der Waals surface area contributed by atoms with Gasteiger partial charge in [-0.15, -0.1) is 0 Å². The molecule has 1 atom stereocenters. The van der Waals surface area contributed by atoms with Gasteiger partial charge in [-0.25, -0.2) is 9.82 Å². The molecule has 0 radical (unpaired) electrons. The van der Waals surface area contributed by atoms with Gasteiger partial charge in [-0.2, -0.15) is 5.10 Å². The van der Waals surface area contributed by atoms with Crippen molar-refractivity contribution in [2.75, 3.05) is 0 Å². The van der Waals surface area contributed by atoms with Crippen LogP contribution in [0.1, 0.15) is 35.3 Å². The number of rotatable bonds is 9. The van der Waals surface area contributed by atoms with Crippen LogP contribution in [-0.2, 0) is 11.4 Å². The van der Waals surface area contributed by atoms with Crippen molar-refractivity contribution in [3.63, 3.8) is 0 Å². The summed E-state index contributed by atoms with van der Waals surface area (Å²) in [4.78, 5) is 25.2. The summed E-state index contributed by atoms with van der Waals surface area (Å²) in [6.07, 6.45) is 1.41. The smallest absolute Gasteiger partial charge is 0.262 e. The first-order chi connectivity index (χ1) is 16.7. The minimum atomic E-state index is -0.861. The van der Waals surface area contributed by atoms with Gasteiger partial charge in [-0.05, 0) is 54.4 Å². The van der Waals surface area contributed by atoms with Crippen LogP contribution in [0.5, 0.6) is 5.75 Å². The first-order valence-corrected chi connectivity index (χ1v) is 11.6. The highest BCUT2D eigenvalue weighted by atomic mass is 35.5. The van der Waals surface area contributed by atoms with Crippen molar-refractivity contribution in [2.45, 2.75) is 26.5 Å². The van der Waals surface area contributed by atoms with Crippen LogP contribution in [0.15, 0.2) is 71.8 Å². The zero-order valence-corrected chi connectivity index (χ0v) is 20.6. The normalized spacial score (nSPS) is 11.9. The highest BCUT2D eigenvalue weighted by Gasteiger charge is 2.24. The van der Waals surface area contributed by atoms with Gasteiger partial charge in [-0.1, -0.05) is 55.2 Å². The molecule has 2 amide bonds. The Morgan fingerprint density at radius 3 is 2.46 bits per heavy atom. The van der Waals surface area contributed by atoms with Gasteiger partial charge in [-0.3, -0.25) is 9.59 Å². The minimum Gasteiger partial charge on any atom is -0.488 e. The molecule has 6 nitrogen and oxygen atoms in total. The number of benzene rings is 3. The van der Waals surface area contributed by atoms with Crippen LogP contribution in [0, 0.1) is 11.7 Å². The largest absolute Gasteiger partial charge is 0.488 e. The summed E-state index contributed by atoms with van der Waals surface area (Å²) in [5.74, 6) is -1.18. The Bertz CT molecular complexity index is 1220. The van der Waals surface area contributed by atoms with E-state index in [1.165, 1.54) is 30.5 Å². The molecule has 1 unspecified atom stereocenters. The third-order valence-electron chi connectivity index (χ3n) is 5.03. The molecule has 0 bridgehead atoms. The lowest BCUT2D eigenvalue weighted by molar-refractivity contribution is -0.123. The number of hydrazone groups is 1. The zero-order valence-electron chi connectivity index (χ0n) is 19.1. The summed E-state index contributed by atoms with van der Waals surface area (Å²) in [5.41, 5.74) is 4.05. The first kappa shape index (κ1) is 26.2. The number of carbonyl (C=O) groups is 2. The second-order valence-corrected chi connectivity index (χ2v) is 8.84. The number of ether oxygens (including phenoxy) is 1. The number of hydrogen-bond donors (Lipinski definition) is 2. The Morgan fingerprint density at radius 1 is 1.06 bits per heavy atom. The van der Waals surface area contributed by atoms with E-state index in [-0.39, 0.29) is 18.1 Å². The maximum absolute atomic E-state index is 13.1. The van der Waals surface area contributed by atoms with E-state index in [1.807, 2.05) is 18.2 Å². The van der Waals surface area contributed by atoms with Crippen LogP contribution in [-0.4, -0.2) is 24.1 Å². The maximum Gasteiger partial charge on any atom is 0.262 e. The number of nitrogens with one attached hydrogen (secondary N) is 2. The van der Waals surface area contributed by atoms with Crippen molar-refractivity contribution in [3.8, 4) is 5.75 Å². The fraction of sp³-hybridized carbons (Fsp3) is 0.192. The molecule has 0 spiro atoms. The predicted octanol–water partition coefficient (Wildman–Crippen LogP) is 5.62. The molecule has 0 fully saturated rings. The third kappa shape index (κ3) is 7.53. The minimum absolute atomic E-state index is 0.227. The van der Waals surface area contributed by atoms with Crippen molar-refractivity contribution in [3.05, 3.63) is 99.3 Å². The topological polar surface area (TPSA) is 79.8 Å². The molecule has 182 valence electrons. The van der Waals surface area contributed by atoms with Crippen LogP contribution < -0.4 is 15.5 Å². The summed E-state index contributed by atoms with van der Waals surface area (Å²) in [5, 5.41) is 7.74. The van der Waals surface area contributed by atoms with E-state index in [4.69, 9.17) is 27.9 Å². The van der Waals surface area contributed by atoms with E-state index in [0.29, 0.717) is 21.4 Å². The number of amides is 2. The van der Waals surface area contributed by atoms with E-state index < -0.39 is 23.7 Å². The second-order valence-electron chi connectivity index (χ2n) is 8.00. The van der Waals surface area contributed by atoms with Gasteiger partial charge in [0.15, 0.2) is 0 Å². The van der Waals surface area contributed by atoms with E-state index in [1.54, 1.807) is 38.1 Å². The highest BCUT2D eigenvalue weighted by molar-refractivity contribution is 6.31. The second kappa shape index (κ2) is 12.3. The Balaban J connectivity index is 1.67. The molecule has 0 aliphatic heterocycles. The quantitative estimate of drug-likeness (QED) is 0.286. The number of carbonyl (C=O) groups excluding carboxylic acids is 2. The van der Waals surface area contributed by atoms with Crippen molar-refractivity contribution < 1.29 is 18.7 Å². The summed E-state index contributed by atoms with van der Waals surface area (Å²) in [7, 11) is 0. The van der Waals surface area contributed by atoms with Gasteiger partial charge in [0.2, 0.25) is 0 Å². The molecule has 3 aromatic rings. The average molecular weight is 516 g/mol. The number of nitrogens with zero attached hydrogens (tertiary/aromatic N) is 1. The van der Waals surface area contributed by atoms with Crippen molar-refractivity contribution >= 4 is 41.2 Å². The summed E-state index contributed by atoms with van der Waals surface area (Å²) in [6.45, 7) is 3.81. The monoisotopic (exact) mass is 515 g/mol. The molecule has 35 heavy (non-hydrogen) atoms. The summed E-state index contributed by atoms with van der Waals surface area (Å²) < 4.78 is 19.0. The van der Waals surface area contributed by atoms with Crippen LogP contribution in [0.4, 0.5) is 4.39 Å². The zero-order chi connectivity index (χ0) is 25.4. The Labute approximate surface area is 213 Å². The molecule has 9 heteroatoms. The molecule has 3 rings (SSSR count). The highest BCUT2D eigenvalue weighted by Crippen LogP contribution is 2.24. The third-order valence-corrected chi connectivity index (χ3v) is 5.64. The van der Waals surface area contributed by atoms with E-state index in [2.05, 4.69) is 15.8 Å². The van der Waals surface area contributed by atoms with Gasteiger partial charge in [0.25, 0.3) is 11.8 Å². The number of hydrogen-bond acceptors (Lipinski definition) is 4. The first-order valence-electron chi connectivity index (χ1n) is 10.8. The molecular weight excluding hydrogens is 492 g/mol. The fourth-order valence-corrected chi connectivity index (χ4v) is 3.49. The molecule has 0 heterocycles. The molecule has 2 N–H and O–H groups in total. The molecular formula is C26H24Cl2FN3O3. The van der Waals surface area contributed by atoms with Gasteiger partial charge in [0.05, 0.1) is 6.21 Å². The van der Waals surface area contributed by atoms with Crippen LogP contribution in [0.25, 0.3) is 0 Å². The van der Waals surface area contributed by atoms with Crippen LogP contribution in [0.3, 0.4) is 0 Å². The predicted molar refractivity (Wildman–Crippen MR) is 135 cm³/mol. The summed E-state index contributed by atoms with van der Waals surface area (Å²) in [6, 6.07) is 16.6. The Morgan fingerprint density at radius 2 is 1.77 bits per heavy atom. The van der Waals surface area contributed by atoms with Crippen LogP contribution >= 0.6 is 23.2 Å². The van der Waals surface area contributed by atoms with E-state index in [0.717, 1.165) is 5.56 Å². The standard InChI is InChI=1S/C26H24Cl2FN3O3/c1-16(2)24(31-25(33)17-7-10-21(29)11-8-17)26(34)32-30-14-19-13-20(27)9-12-23(19)35-15-18-5-3-4-6-22(18)28/h3-14,16,24H,15H2,1-2H3,(H,31,33)(H,32,34).